The third-order valence-corrected chi connectivity index (χ3v) is 6.75. The van der Waals surface area contributed by atoms with Crippen molar-refractivity contribution in [2.24, 2.45) is 5.92 Å². The maximum absolute atomic E-state index is 12.6. The molecule has 1 saturated carbocycles. The van der Waals surface area contributed by atoms with Gasteiger partial charge in [-0.3, -0.25) is 4.79 Å². The zero-order chi connectivity index (χ0) is 20.8. The van der Waals surface area contributed by atoms with Gasteiger partial charge in [0.1, 0.15) is 5.75 Å². The molecule has 3 fully saturated rings. The largest absolute Gasteiger partial charge is 0.490 e. The Bertz CT molecular complexity index is 718. The molecule has 0 radical (unpaired) electrons. The van der Waals surface area contributed by atoms with Gasteiger partial charge in [-0.05, 0) is 69.1 Å². The molecule has 2 saturated heterocycles. The summed E-state index contributed by atoms with van der Waals surface area (Å²) in [6.07, 6.45) is 10.2. The van der Waals surface area contributed by atoms with Crippen LogP contribution >= 0.6 is 0 Å². The van der Waals surface area contributed by atoms with E-state index in [-0.39, 0.29) is 11.9 Å². The number of carbonyl (C=O) groups is 2. The van der Waals surface area contributed by atoms with Gasteiger partial charge in [-0.2, -0.15) is 0 Å². The smallest absolute Gasteiger partial charge is 0.317 e. The van der Waals surface area contributed by atoms with Crippen LogP contribution in [0, 0.1) is 5.92 Å². The fourth-order valence-electron chi connectivity index (χ4n) is 4.92. The van der Waals surface area contributed by atoms with Crippen molar-refractivity contribution in [1.29, 1.82) is 0 Å². The molecule has 1 aromatic rings. The summed E-state index contributed by atoms with van der Waals surface area (Å²) in [6, 6.07) is 8.02. The first-order valence-electron chi connectivity index (χ1n) is 11.8. The topological polar surface area (TPSA) is 61.9 Å². The first-order valence-corrected chi connectivity index (χ1v) is 11.8. The molecule has 2 aliphatic heterocycles. The molecule has 6 nitrogen and oxygen atoms in total. The molecule has 6 heteroatoms. The lowest BCUT2D eigenvalue weighted by molar-refractivity contribution is -0.135. The predicted molar refractivity (Wildman–Crippen MR) is 116 cm³/mol. The van der Waals surface area contributed by atoms with Crippen LogP contribution < -0.4 is 10.1 Å². The first-order chi connectivity index (χ1) is 14.7. The van der Waals surface area contributed by atoms with Gasteiger partial charge in [0.25, 0.3) is 0 Å². The molecule has 1 aliphatic carbocycles. The first kappa shape index (κ1) is 21.0. The van der Waals surface area contributed by atoms with Crippen molar-refractivity contribution in [3.05, 3.63) is 29.8 Å². The maximum atomic E-state index is 12.6. The molecule has 164 valence electrons. The summed E-state index contributed by atoms with van der Waals surface area (Å²) in [5, 5.41) is 3.03. The quantitative estimate of drug-likeness (QED) is 0.795. The van der Waals surface area contributed by atoms with Gasteiger partial charge in [0.15, 0.2) is 0 Å². The molecule has 3 amide bonds. The van der Waals surface area contributed by atoms with Crippen molar-refractivity contribution in [3.63, 3.8) is 0 Å². The van der Waals surface area contributed by atoms with E-state index in [2.05, 4.69) is 5.32 Å². The molecular weight excluding hydrogens is 378 g/mol. The van der Waals surface area contributed by atoms with Gasteiger partial charge in [0.2, 0.25) is 5.91 Å². The number of hydrogen-bond acceptors (Lipinski definition) is 3. The van der Waals surface area contributed by atoms with Gasteiger partial charge in [0.05, 0.1) is 6.10 Å². The van der Waals surface area contributed by atoms with Crippen molar-refractivity contribution < 1.29 is 14.3 Å². The van der Waals surface area contributed by atoms with E-state index in [1.807, 2.05) is 34.1 Å². The lowest BCUT2D eigenvalue weighted by Gasteiger charge is -2.33. The minimum absolute atomic E-state index is 0.0410. The standard InChI is InChI=1S/C24H35N3O3/c28-23(26-13-4-5-14-26)20-11-15-27(16-12-20)24(29)25-18-19-7-6-10-22(17-19)30-21-8-2-1-3-9-21/h6-7,10,17,20-21H,1-5,8-9,11-16,18H2,(H,25,29). The number of piperidine rings is 1. The number of urea groups is 1. The second-order valence-corrected chi connectivity index (χ2v) is 8.98. The Morgan fingerprint density at radius 3 is 2.37 bits per heavy atom. The van der Waals surface area contributed by atoms with Gasteiger partial charge in [0, 0.05) is 38.6 Å². The van der Waals surface area contributed by atoms with Gasteiger partial charge < -0.3 is 19.9 Å². The number of amides is 3. The SMILES string of the molecule is O=C(NCc1cccc(OC2CCCCC2)c1)N1CCC(C(=O)N2CCCC2)CC1. The van der Waals surface area contributed by atoms with E-state index >= 15 is 0 Å². The Morgan fingerprint density at radius 2 is 1.63 bits per heavy atom. The van der Waals surface area contributed by atoms with Gasteiger partial charge in [-0.1, -0.05) is 18.6 Å². The van der Waals surface area contributed by atoms with E-state index in [0.717, 1.165) is 62.9 Å². The Hall–Kier alpha value is -2.24. The molecule has 1 aromatic carbocycles. The summed E-state index contributed by atoms with van der Waals surface area (Å²) >= 11 is 0. The summed E-state index contributed by atoms with van der Waals surface area (Å²) in [5.74, 6) is 1.28. The number of nitrogens with zero attached hydrogens (tertiary/aromatic N) is 2. The molecule has 2 heterocycles. The number of rotatable bonds is 5. The lowest BCUT2D eigenvalue weighted by Crippen LogP contribution is -2.47. The minimum atomic E-state index is -0.0410. The maximum Gasteiger partial charge on any atom is 0.317 e. The van der Waals surface area contributed by atoms with Crippen LogP contribution in [0.25, 0.3) is 0 Å². The van der Waals surface area contributed by atoms with Crippen LogP contribution in [-0.4, -0.2) is 54.0 Å². The highest BCUT2D eigenvalue weighted by Gasteiger charge is 2.31. The predicted octanol–water partition coefficient (Wildman–Crippen LogP) is 3.94. The molecular formula is C24H35N3O3. The molecule has 0 unspecified atom stereocenters. The summed E-state index contributed by atoms with van der Waals surface area (Å²) in [4.78, 5) is 29.0. The second-order valence-electron chi connectivity index (χ2n) is 8.98. The molecule has 30 heavy (non-hydrogen) atoms. The van der Waals surface area contributed by atoms with Crippen LogP contribution in [0.1, 0.15) is 63.4 Å². The van der Waals surface area contributed by atoms with E-state index in [0.29, 0.717) is 31.6 Å². The normalized spacial score (nSPS) is 20.9. The number of benzene rings is 1. The van der Waals surface area contributed by atoms with Gasteiger partial charge in [-0.15, -0.1) is 0 Å². The van der Waals surface area contributed by atoms with Gasteiger partial charge in [-0.25, -0.2) is 4.79 Å². The van der Waals surface area contributed by atoms with Crippen molar-refractivity contribution >= 4 is 11.9 Å². The Morgan fingerprint density at radius 1 is 0.900 bits per heavy atom. The fourth-order valence-corrected chi connectivity index (χ4v) is 4.92. The van der Waals surface area contributed by atoms with E-state index in [1.165, 1.54) is 19.3 Å². The second kappa shape index (κ2) is 10.2. The zero-order valence-corrected chi connectivity index (χ0v) is 18.0. The highest BCUT2D eigenvalue weighted by Crippen LogP contribution is 2.24. The minimum Gasteiger partial charge on any atom is -0.490 e. The third kappa shape index (κ3) is 5.46. The molecule has 0 atom stereocenters. The Kier molecular flexibility index (Phi) is 7.13. The molecule has 0 bridgehead atoms. The highest BCUT2D eigenvalue weighted by molar-refractivity contribution is 5.80. The van der Waals surface area contributed by atoms with Crippen molar-refractivity contribution in [2.75, 3.05) is 26.2 Å². The van der Waals surface area contributed by atoms with Crippen LogP contribution in [0.15, 0.2) is 24.3 Å². The van der Waals surface area contributed by atoms with E-state index in [9.17, 15) is 9.59 Å². The van der Waals surface area contributed by atoms with Crippen molar-refractivity contribution in [3.8, 4) is 5.75 Å². The molecule has 4 rings (SSSR count). The van der Waals surface area contributed by atoms with E-state index < -0.39 is 0 Å². The lowest BCUT2D eigenvalue weighted by atomic mass is 9.95. The van der Waals surface area contributed by atoms with E-state index in [1.54, 1.807) is 0 Å². The zero-order valence-electron chi connectivity index (χ0n) is 18.0. The van der Waals surface area contributed by atoms with Crippen molar-refractivity contribution in [1.82, 2.24) is 15.1 Å². The fraction of sp³-hybridized carbons (Fsp3) is 0.667. The van der Waals surface area contributed by atoms with Crippen LogP contribution in [0.2, 0.25) is 0 Å². The Balaban J connectivity index is 1.21. The number of carbonyl (C=O) groups excluding carboxylic acids is 2. The summed E-state index contributed by atoms with van der Waals surface area (Å²) < 4.78 is 6.14. The number of nitrogens with one attached hydrogen (secondary N) is 1. The average molecular weight is 414 g/mol. The highest BCUT2D eigenvalue weighted by atomic mass is 16.5. The molecule has 0 aromatic heterocycles. The van der Waals surface area contributed by atoms with Crippen LogP contribution in [0.3, 0.4) is 0 Å². The molecule has 0 spiro atoms. The van der Waals surface area contributed by atoms with Crippen LogP contribution in [0.5, 0.6) is 5.75 Å². The third-order valence-electron chi connectivity index (χ3n) is 6.75. The number of hydrogen-bond donors (Lipinski definition) is 1. The average Bonchev–Trinajstić information content (AvgIpc) is 3.33. The summed E-state index contributed by atoms with van der Waals surface area (Å²) in [6.45, 7) is 3.61. The monoisotopic (exact) mass is 413 g/mol. The summed E-state index contributed by atoms with van der Waals surface area (Å²) in [7, 11) is 0. The number of likely N-dealkylation sites (tertiary alicyclic amines) is 2. The summed E-state index contributed by atoms with van der Waals surface area (Å²) in [5.41, 5.74) is 1.05. The van der Waals surface area contributed by atoms with Crippen molar-refractivity contribution in [2.45, 2.75) is 70.4 Å². The van der Waals surface area contributed by atoms with E-state index in [4.69, 9.17) is 4.74 Å². The van der Waals surface area contributed by atoms with Gasteiger partial charge >= 0.3 is 6.03 Å². The molecule has 3 aliphatic rings. The number of ether oxygens (including phenoxy) is 1. The Labute approximate surface area is 179 Å². The van der Waals surface area contributed by atoms with Crippen LogP contribution in [0.4, 0.5) is 4.79 Å². The van der Waals surface area contributed by atoms with Crippen LogP contribution in [-0.2, 0) is 11.3 Å². The molecule has 1 N–H and O–H groups in total.